The van der Waals surface area contributed by atoms with Crippen molar-refractivity contribution in [2.45, 2.75) is 25.8 Å². The number of anilines is 1. The van der Waals surface area contributed by atoms with Gasteiger partial charge in [0.05, 0.1) is 11.9 Å². The molecule has 1 aliphatic carbocycles. The molecular weight excluding hydrogens is 286 g/mol. The zero-order valence-corrected chi connectivity index (χ0v) is 12.9. The normalized spacial score (nSPS) is 13.8. The molecule has 0 saturated heterocycles. The number of hydrogen-bond donors (Lipinski definition) is 0. The maximum absolute atomic E-state index is 4.56. The van der Waals surface area contributed by atoms with Gasteiger partial charge in [0.2, 0.25) is 0 Å². The number of rotatable bonds is 3. The number of thiophene rings is 2. The van der Waals surface area contributed by atoms with Crippen LogP contribution in [0.25, 0.3) is 10.2 Å². The maximum Gasteiger partial charge on any atom is 0.141 e. The Balaban J connectivity index is 1.79. The lowest BCUT2D eigenvalue weighted by Crippen LogP contribution is -2.17. The standard InChI is InChI=1S/C15H15N3S2/c1-18(8-10-4-3-7-19-10)14-13-11-5-2-6-12(11)20-15(13)17-9-16-14/h3-4,7,9H,2,5-6,8H2,1H3. The SMILES string of the molecule is CN(Cc1cccs1)c1ncnc2sc3c(c12)CCC3. The fraction of sp³-hybridized carbons (Fsp3) is 0.333. The Morgan fingerprint density at radius 1 is 1.30 bits per heavy atom. The first kappa shape index (κ1) is 12.3. The van der Waals surface area contributed by atoms with Crippen LogP contribution < -0.4 is 4.90 Å². The third-order valence-corrected chi connectivity index (χ3v) is 5.88. The topological polar surface area (TPSA) is 29.0 Å². The Kier molecular flexibility index (Phi) is 2.97. The Bertz CT molecular complexity index is 746. The molecule has 0 N–H and O–H groups in total. The highest BCUT2D eigenvalue weighted by atomic mass is 32.1. The highest BCUT2D eigenvalue weighted by molar-refractivity contribution is 7.19. The van der Waals surface area contributed by atoms with E-state index in [2.05, 4.69) is 39.4 Å². The molecule has 0 aromatic carbocycles. The zero-order chi connectivity index (χ0) is 13.5. The summed E-state index contributed by atoms with van der Waals surface area (Å²) in [7, 11) is 2.13. The van der Waals surface area contributed by atoms with E-state index in [1.54, 1.807) is 17.7 Å². The number of aryl methyl sites for hydroxylation is 2. The molecule has 0 bridgehead atoms. The van der Waals surface area contributed by atoms with E-state index in [1.807, 2.05) is 11.3 Å². The Morgan fingerprint density at radius 2 is 2.25 bits per heavy atom. The molecule has 5 heteroatoms. The third kappa shape index (κ3) is 1.93. The van der Waals surface area contributed by atoms with Crippen LogP contribution in [0.3, 0.4) is 0 Å². The zero-order valence-electron chi connectivity index (χ0n) is 11.3. The molecule has 0 unspecified atom stereocenters. The minimum absolute atomic E-state index is 0.911. The van der Waals surface area contributed by atoms with Crippen LogP contribution in [0.15, 0.2) is 23.8 Å². The average molecular weight is 301 g/mol. The van der Waals surface area contributed by atoms with Gasteiger partial charge in [0.15, 0.2) is 0 Å². The largest absolute Gasteiger partial charge is 0.354 e. The van der Waals surface area contributed by atoms with Gasteiger partial charge >= 0.3 is 0 Å². The quantitative estimate of drug-likeness (QED) is 0.735. The van der Waals surface area contributed by atoms with E-state index < -0.39 is 0 Å². The Hall–Kier alpha value is -1.46. The molecule has 4 rings (SSSR count). The molecule has 20 heavy (non-hydrogen) atoms. The van der Waals surface area contributed by atoms with Crippen molar-refractivity contribution in [2.24, 2.45) is 0 Å². The summed E-state index contributed by atoms with van der Waals surface area (Å²) in [5, 5.41) is 3.42. The lowest BCUT2D eigenvalue weighted by atomic mass is 10.2. The molecule has 3 aromatic rings. The number of fused-ring (bicyclic) bond motifs is 3. The fourth-order valence-corrected chi connectivity index (χ4v) is 4.89. The van der Waals surface area contributed by atoms with Gasteiger partial charge in [0.1, 0.15) is 17.0 Å². The smallest absolute Gasteiger partial charge is 0.141 e. The van der Waals surface area contributed by atoms with Crippen molar-refractivity contribution < 1.29 is 0 Å². The van der Waals surface area contributed by atoms with Crippen molar-refractivity contribution >= 4 is 38.7 Å². The summed E-state index contributed by atoms with van der Waals surface area (Å²) in [4.78, 5) is 15.3. The molecule has 0 amide bonds. The minimum Gasteiger partial charge on any atom is -0.354 e. The fourth-order valence-electron chi connectivity index (χ4n) is 2.91. The van der Waals surface area contributed by atoms with Gasteiger partial charge in [-0.25, -0.2) is 9.97 Å². The number of aromatic nitrogens is 2. The molecule has 0 spiro atoms. The van der Waals surface area contributed by atoms with Crippen LogP contribution in [0, 0.1) is 0 Å². The van der Waals surface area contributed by atoms with Crippen molar-refractivity contribution in [3.05, 3.63) is 39.2 Å². The second-order valence-corrected chi connectivity index (χ2v) is 7.29. The van der Waals surface area contributed by atoms with Crippen LogP contribution in [-0.2, 0) is 19.4 Å². The van der Waals surface area contributed by atoms with Crippen LogP contribution in [0.1, 0.15) is 21.7 Å². The van der Waals surface area contributed by atoms with Gasteiger partial charge in [0.25, 0.3) is 0 Å². The van der Waals surface area contributed by atoms with Crippen LogP contribution in [0.5, 0.6) is 0 Å². The van der Waals surface area contributed by atoms with Gasteiger partial charge in [-0.15, -0.1) is 22.7 Å². The summed E-state index contributed by atoms with van der Waals surface area (Å²) < 4.78 is 0. The van der Waals surface area contributed by atoms with Crippen LogP contribution in [0.2, 0.25) is 0 Å². The first-order valence-corrected chi connectivity index (χ1v) is 8.51. The third-order valence-electron chi connectivity index (χ3n) is 3.82. The molecule has 0 aliphatic heterocycles. The van der Waals surface area contributed by atoms with Crippen molar-refractivity contribution in [3.8, 4) is 0 Å². The number of hydrogen-bond acceptors (Lipinski definition) is 5. The molecule has 0 atom stereocenters. The predicted molar refractivity (Wildman–Crippen MR) is 85.9 cm³/mol. The monoisotopic (exact) mass is 301 g/mol. The van der Waals surface area contributed by atoms with E-state index in [4.69, 9.17) is 0 Å². The summed E-state index contributed by atoms with van der Waals surface area (Å²) >= 11 is 3.65. The number of nitrogens with zero attached hydrogens (tertiary/aromatic N) is 3. The van der Waals surface area contributed by atoms with E-state index in [9.17, 15) is 0 Å². The molecule has 0 radical (unpaired) electrons. The van der Waals surface area contributed by atoms with E-state index in [1.165, 1.54) is 40.0 Å². The predicted octanol–water partition coefficient (Wildman–Crippen LogP) is 3.88. The van der Waals surface area contributed by atoms with Crippen LogP contribution in [0.4, 0.5) is 5.82 Å². The van der Waals surface area contributed by atoms with E-state index in [-0.39, 0.29) is 0 Å². The van der Waals surface area contributed by atoms with E-state index in [0.29, 0.717) is 0 Å². The van der Waals surface area contributed by atoms with Crippen molar-refractivity contribution in [3.63, 3.8) is 0 Å². The maximum atomic E-state index is 4.56. The summed E-state index contributed by atoms with van der Waals surface area (Å²) in [6, 6.07) is 4.28. The first-order valence-electron chi connectivity index (χ1n) is 6.81. The molecule has 0 saturated carbocycles. The second kappa shape index (κ2) is 4.82. The first-order chi connectivity index (χ1) is 9.83. The van der Waals surface area contributed by atoms with Crippen molar-refractivity contribution in [2.75, 3.05) is 11.9 Å². The van der Waals surface area contributed by atoms with Gasteiger partial charge in [-0.1, -0.05) is 6.07 Å². The minimum atomic E-state index is 0.911. The average Bonchev–Trinajstić information content (AvgIpc) is 3.13. The van der Waals surface area contributed by atoms with E-state index >= 15 is 0 Å². The summed E-state index contributed by atoms with van der Waals surface area (Å²) in [5.41, 5.74) is 1.50. The molecule has 3 nitrogen and oxygen atoms in total. The van der Waals surface area contributed by atoms with Gasteiger partial charge in [0, 0.05) is 16.8 Å². The van der Waals surface area contributed by atoms with Gasteiger partial charge < -0.3 is 4.90 Å². The van der Waals surface area contributed by atoms with Crippen molar-refractivity contribution in [1.29, 1.82) is 0 Å². The van der Waals surface area contributed by atoms with Crippen LogP contribution >= 0.6 is 22.7 Å². The lowest BCUT2D eigenvalue weighted by Gasteiger charge is -2.18. The van der Waals surface area contributed by atoms with Gasteiger partial charge in [-0.2, -0.15) is 0 Å². The highest BCUT2D eigenvalue weighted by Crippen LogP contribution is 2.40. The Morgan fingerprint density at radius 3 is 3.10 bits per heavy atom. The van der Waals surface area contributed by atoms with Gasteiger partial charge in [-0.3, -0.25) is 0 Å². The van der Waals surface area contributed by atoms with Crippen LogP contribution in [-0.4, -0.2) is 17.0 Å². The van der Waals surface area contributed by atoms with E-state index in [0.717, 1.165) is 17.2 Å². The molecule has 3 heterocycles. The second-order valence-electron chi connectivity index (χ2n) is 5.17. The Labute approximate surface area is 125 Å². The highest BCUT2D eigenvalue weighted by Gasteiger charge is 2.22. The summed E-state index contributed by atoms with van der Waals surface area (Å²) in [6.07, 6.45) is 5.38. The molecule has 0 fully saturated rings. The van der Waals surface area contributed by atoms with Gasteiger partial charge in [-0.05, 0) is 36.3 Å². The van der Waals surface area contributed by atoms with Crippen molar-refractivity contribution in [1.82, 2.24) is 9.97 Å². The summed E-state index contributed by atoms with van der Waals surface area (Å²) in [5.74, 6) is 1.09. The molecule has 3 aromatic heterocycles. The summed E-state index contributed by atoms with van der Waals surface area (Å²) in [6.45, 7) is 0.911. The molecule has 1 aliphatic rings. The lowest BCUT2D eigenvalue weighted by molar-refractivity contribution is 0.905. The molecule has 102 valence electrons. The molecular formula is C15H15N3S2.